The van der Waals surface area contributed by atoms with E-state index in [0.29, 0.717) is 18.2 Å². The quantitative estimate of drug-likeness (QED) is 0.806. The minimum absolute atomic E-state index is 0.0258. The van der Waals surface area contributed by atoms with Crippen LogP contribution in [0, 0.1) is 5.92 Å². The number of anilines is 2. The Morgan fingerprint density at radius 1 is 1.24 bits per heavy atom. The highest BCUT2D eigenvalue weighted by atomic mass is 16.2. The normalized spacial score (nSPS) is 17.1. The molecule has 0 saturated carbocycles. The Morgan fingerprint density at radius 3 is 2.52 bits per heavy atom. The fourth-order valence-electron chi connectivity index (χ4n) is 2.67. The maximum atomic E-state index is 12.0. The highest BCUT2D eigenvalue weighted by Gasteiger charge is 2.19. The fourth-order valence-corrected chi connectivity index (χ4v) is 2.67. The van der Waals surface area contributed by atoms with E-state index in [4.69, 9.17) is 5.73 Å². The van der Waals surface area contributed by atoms with Gasteiger partial charge in [0.1, 0.15) is 0 Å². The van der Waals surface area contributed by atoms with Gasteiger partial charge in [0.25, 0.3) is 0 Å². The first-order valence-electron chi connectivity index (χ1n) is 7.63. The van der Waals surface area contributed by atoms with Crippen molar-refractivity contribution in [2.75, 3.05) is 50.3 Å². The molecular weight excluding hydrogens is 264 g/mol. The Labute approximate surface area is 127 Å². The second kappa shape index (κ2) is 7.43. The monoisotopic (exact) mass is 290 g/mol. The molecule has 0 atom stereocenters. The summed E-state index contributed by atoms with van der Waals surface area (Å²) in [6.45, 7) is 10.1. The molecule has 0 radical (unpaired) electrons. The van der Waals surface area contributed by atoms with Gasteiger partial charge in [-0.2, -0.15) is 0 Å². The summed E-state index contributed by atoms with van der Waals surface area (Å²) in [5.74, 6) is 0.723. The molecule has 21 heavy (non-hydrogen) atoms. The van der Waals surface area contributed by atoms with Gasteiger partial charge in [0.2, 0.25) is 5.91 Å². The summed E-state index contributed by atoms with van der Waals surface area (Å²) < 4.78 is 0. The molecule has 1 fully saturated rings. The molecule has 1 aliphatic rings. The fraction of sp³-hybridized carbons (Fsp3) is 0.562. The third kappa shape index (κ3) is 5.36. The van der Waals surface area contributed by atoms with Crippen LogP contribution in [0.3, 0.4) is 0 Å². The van der Waals surface area contributed by atoms with Gasteiger partial charge in [0, 0.05) is 44.1 Å². The molecule has 0 spiro atoms. The van der Waals surface area contributed by atoms with Crippen molar-refractivity contribution in [2.24, 2.45) is 5.92 Å². The maximum absolute atomic E-state index is 12.0. The number of carbonyl (C=O) groups is 1. The van der Waals surface area contributed by atoms with E-state index in [1.165, 1.54) is 0 Å². The van der Waals surface area contributed by atoms with Gasteiger partial charge >= 0.3 is 0 Å². The van der Waals surface area contributed by atoms with Gasteiger partial charge < -0.3 is 16.0 Å². The van der Waals surface area contributed by atoms with Crippen molar-refractivity contribution in [1.82, 2.24) is 9.80 Å². The van der Waals surface area contributed by atoms with Gasteiger partial charge in [-0.15, -0.1) is 0 Å². The lowest BCUT2D eigenvalue weighted by Gasteiger charge is -2.35. The second-order valence-electron chi connectivity index (χ2n) is 6.14. The third-order valence-corrected chi connectivity index (χ3v) is 3.63. The number of piperazine rings is 1. The van der Waals surface area contributed by atoms with E-state index in [2.05, 4.69) is 29.0 Å². The molecule has 5 heteroatoms. The summed E-state index contributed by atoms with van der Waals surface area (Å²) in [7, 11) is 0. The van der Waals surface area contributed by atoms with E-state index in [1.54, 1.807) is 6.07 Å². The number of hydrogen-bond acceptors (Lipinski definition) is 4. The lowest BCUT2D eigenvalue weighted by molar-refractivity contribution is -0.117. The molecule has 5 nitrogen and oxygen atoms in total. The molecule has 2 rings (SSSR count). The van der Waals surface area contributed by atoms with Crippen molar-refractivity contribution in [3.63, 3.8) is 0 Å². The number of carbonyl (C=O) groups excluding carboxylic acids is 1. The zero-order valence-electron chi connectivity index (χ0n) is 13.0. The molecule has 0 aliphatic carbocycles. The molecule has 1 aromatic carbocycles. The molecule has 1 aliphatic heterocycles. The molecule has 1 amide bonds. The molecule has 3 N–H and O–H groups in total. The smallest absolute Gasteiger partial charge is 0.238 e. The number of nitrogens with one attached hydrogen (secondary N) is 1. The zero-order valence-corrected chi connectivity index (χ0v) is 13.0. The van der Waals surface area contributed by atoms with Gasteiger partial charge in [0.05, 0.1) is 6.54 Å². The van der Waals surface area contributed by atoms with Gasteiger partial charge in [-0.05, 0) is 24.1 Å². The van der Waals surface area contributed by atoms with Crippen LogP contribution in [0.1, 0.15) is 13.8 Å². The first-order chi connectivity index (χ1) is 10.0. The van der Waals surface area contributed by atoms with E-state index in [9.17, 15) is 4.79 Å². The van der Waals surface area contributed by atoms with E-state index in [0.717, 1.165) is 38.4 Å². The van der Waals surface area contributed by atoms with Crippen molar-refractivity contribution in [1.29, 1.82) is 0 Å². The first-order valence-corrected chi connectivity index (χ1v) is 7.63. The number of hydrogen-bond donors (Lipinski definition) is 2. The Balaban J connectivity index is 1.74. The van der Waals surface area contributed by atoms with Gasteiger partial charge in [0.15, 0.2) is 0 Å². The van der Waals surface area contributed by atoms with Crippen LogP contribution < -0.4 is 11.1 Å². The summed E-state index contributed by atoms with van der Waals surface area (Å²) >= 11 is 0. The second-order valence-corrected chi connectivity index (χ2v) is 6.14. The van der Waals surface area contributed by atoms with Crippen LogP contribution in [-0.4, -0.2) is 55.0 Å². The Bertz CT molecular complexity index is 467. The first kappa shape index (κ1) is 15.8. The topological polar surface area (TPSA) is 61.6 Å². The number of nitrogen functional groups attached to an aromatic ring is 1. The average molecular weight is 290 g/mol. The van der Waals surface area contributed by atoms with E-state index < -0.39 is 0 Å². The van der Waals surface area contributed by atoms with Gasteiger partial charge in [-0.25, -0.2) is 0 Å². The molecular formula is C16H26N4O. The minimum Gasteiger partial charge on any atom is -0.399 e. The molecule has 0 unspecified atom stereocenters. The van der Waals surface area contributed by atoms with Crippen LogP contribution in [0.15, 0.2) is 24.3 Å². The number of nitrogens with two attached hydrogens (primary N) is 1. The SMILES string of the molecule is CC(C)CN1CCN(CC(=O)Nc2cccc(N)c2)CC1. The van der Waals surface area contributed by atoms with E-state index in [1.807, 2.05) is 18.2 Å². The number of nitrogens with zero attached hydrogens (tertiary/aromatic N) is 2. The predicted molar refractivity (Wildman–Crippen MR) is 87.2 cm³/mol. The Morgan fingerprint density at radius 2 is 1.90 bits per heavy atom. The van der Waals surface area contributed by atoms with E-state index >= 15 is 0 Å². The molecule has 1 saturated heterocycles. The van der Waals surface area contributed by atoms with Crippen LogP contribution in [-0.2, 0) is 4.79 Å². The number of benzene rings is 1. The summed E-state index contributed by atoms with van der Waals surface area (Å²) in [6, 6.07) is 7.28. The van der Waals surface area contributed by atoms with Crippen LogP contribution >= 0.6 is 0 Å². The van der Waals surface area contributed by atoms with Gasteiger partial charge in [-0.3, -0.25) is 9.69 Å². The Hall–Kier alpha value is -1.59. The van der Waals surface area contributed by atoms with Crippen LogP contribution in [0.5, 0.6) is 0 Å². The minimum atomic E-state index is 0.0258. The summed E-state index contributed by atoms with van der Waals surface area (Å²) in [5.41, 5.74) is 7.13. The molecule has 1 aromatic rings. The Kier molecular flexibility index (Phi) is 5.59. The molecule has 0 bridgehead atoms. The van der Waals surface area contributed by atoms with Crippen molar-refractivity contribution in [3.8, 4) is 0 Å². The third-order valence-electron chi connectivity index (χ3n) is 3.63. The van der Waals surface area contributed by atoms with E-state index in [-0.39, 0.29) is 5.91 Å². The lowest BCUT2D eigenvalue weighted by atomic mass is 10.2. The van der Waals surface area contributed by atoms with Crippen LogP contribution in [0.25, 0.3) is 0 Å². The van der Waals surface area contributed by atoms with Crippen molar-refractivity contribution < 1.29 is 4.79 Å². The van der Waals surface area contributed by atoms with Crippen molar-refractivity contribution >= 4 is 17.3 Å². The highest BCUT2D eigenvalue weighted by molar-refractivity contribution is 5.92. The molecule has 116 valence electrons. The predicted octanol–water partition coefficient (Wildman–Crippen LogP) is 1.48. The summed E-state index contributed by atoms with van der Waals surface area (Å²) in [5, 5.41) is 2.90. The summed E-state index contributed by atoms with van der Waals surface area (Å²) in [4.78, 5) is 16.7. The summed E-state index contributed by atoms with van der Waals surface area (Å²) in [6.07, 6.45) is 0. The number of amides is 1. The van der Waals surface area contributed by atoms with Crippen LogP contribution in [0.2, 0.25) is 0 Å². The van der Waals surface area contributed by atoms with Crippen molar-refractivity contribution in [2.45, 2.75) is 13.8 Å². The van der Waals surface area contributed by atoms with Crippen LogP contribution in [0.4, 0.5) is 11.4 Å². The highest BCUT2D eigenvalue weighted by Crippen LogP contribution is 2.12. The average Bonchev–Trinajstić information content (AvgIpc) is 2.40. The number of rotatable bonds is 5. The zero-order chi connectivity index (χ0) is 15.2. The lowest BCUT2D eigenvalue weighted by Crippen LogP contribution is -2.49. The maximum Gasteiger partial charge on any atom is 0.238 e. The van der Waals surface area contributed by atoms with Crippen molar-refractivity contribution in [3.05, 3.63) is 24.3 Å². The molecule has 1 heterocycles. The van der Waals surface area contributed by atoms with Gasteiger partial charge in [-0.1, -0.05) is 19.9 Å². The largest absolute Gasteiger partial charge is 0.399 e. The molecule has 0 aromatic heterocycles. The standard InChI is InChI=1S/C16H26N4O/c1-13(2)11-19-6-8-20(9-7-19)12-16(21)18-15-5-3-4-14(17)10-15/h3-5,10,13H,6-9,11-12,17H2,1-2H3,(H,18,21).